The maximum absolute atomic E-state index is 5.95. The van der Waals surface area contributed by atoms with E-state index in [1.165, 1.54) is 0 Å². The number of oxazole rings is 1. The monoisotopic (exact) mass is 345 g/mol. The molecule has 1 aliphatic rings. The Labute approximate surface area is 151 Å². The fraction of sp³-hybridized carbons (Fsp3) is 0.250. The first-order chi connectivity index (χ1) is 12.8. The van der Waals surface area contributed by atoms with Gasteiger partial charge in [0.15, 0.2) is 11.4 Å². The van der Waals surface area contributed by atoms with E-state index in [4.69, 9.17) is 4.42 Å². The molecule has 6 heteroatoms. The minimum absolute atomic E-state index is 0.0908. The fourth-order valence-electron chi connectivity index (χ4n) is 3.53. The van der Waals surface area contributed by atoms with Crippen molar-refractivity contribution in [2.45, 2.75) is 26.1 Å². The summed E-state index contributed by atoms with van der Waals surface area (Å²) in [5.41, 5.74) is 2.84. The van der Waals surface area contributed by atoms with Crippen molar-refractivity contribution in [3.63, 3.8) is 0 Å². The van der Waals surface area contributed by atoms with Gasteiger partial charge < -0.3 is 8.98 Å². The summed E-state index contributed by atoms with van der Waals surface area (Å²) in [6, 6.07) is 18.2. The molecule has 2 aromatic carbocycles. The molecule has 5 rings (SSSR count). The van der Waals surface area contributed by atoms with E-state index in [-0.39, 0.29) is 6.04 Å². The van der Waals surface area contributed by atoms with Crippen molar-refractivity contribution >= 4 is 11.1 Å². The third kappa shape index (κ3) is 2.50. The van der Waals surface area contributed by atoms with Crippen molar-refractivity contribution < 1.29 is 4.42 Å². The van der Waals surface area contributed by atoms with Crippen LogP contribution in [0.3, 0.4) is 0 Å². The molecule has 0 aliphatic carbocycles. The molecule has 0 radical (unpaired) electrons. The molecule has 0 amide bonds. The Bertz CT molecular complexity index is 1020. The Morgan fingerprint density at radius 1 is 0.962 bits per heavy atom. The lowest BCUT2D eigenvalue weighted by atomic mass is 10.2. The van der Waals surface area contributed by atoms with Crippen LogP contribution in [-0.2, 0) is 13.1 Å². The van der Waals surface area contributed by atoms with Gasteiger partial charge in [-0.2, -0.15) is 0 Å². The van der Waals surface area contributed by atoms with E-state index in [9.17, 15) is 0 Å². The van der Waals surface area contributed by atoms with E-state index in [0.29, 0.717) is 0 Å². The molecule has 6 nitrogen and oxygen atoms in total. The quantitative estimate of drug-likeness (QED) is 0.567. The summed E-state index contributed by atoms with van der Waals surface area (Å²) >= 11 is 0. The molecule has 2 aromatic heterocycles. The Kier molecular flexibility index (Phi) is 3.57. The smallest absolute Gasteiger partial charge is 0.212 e. The number of fused-ring (bicyclic) bond motifs is 2. The van der Waals surface area contributed by atoms with Crippen molar-refractivity contribution in [3.05, 3.63) is 66.3 Å². The molecule has 4 aromatic rings. The number of nitrogens with zero attached hydrogens (tertiary/aromatic N) is 5. The second-order valence-corrected chi connectivity index (χ2v) is 6.62. The Morgan fingerprint density at radius 2 is 1.77 bits per heavy atom. The van der Waals surface area contributed by atoms with Gasteiger partial charge in [0.1, 0.15) is 11.3 Å². The Hall–Kier alpha value is -2.99. The van der Waals surface area contributed by atoms with Crippen LogP contribution in [0.25, 0.3) is 22.5 Å². The van der Waals surface area contributed by atoms with Crippen LogP contribution in [0.1, 0.15) is 24.7 Å². The molecule has 1 aliphatic heterocycles. The molecule has 1 atom stereocenters. The Morgan fingerprint density at radius 3 is 2.62 bits per heavy atom. The highest BCUT2D eigenvalue weighted by molar-refractivity contribution is 5.72. The van der Waals surface area contributed by atoms with Gasteiger partial charge in [0, 0.05) is 18.7 Å². The van der Waals surface area contributed by atoms with E-state index in [2.05, 4.69) is 43.7 Å². The zero-order valence-electron chi connectivity index (χ0n) is 14.5. The molecular weight excluding hydrogens is 326 g/mol. The molecule has 3 heterocycles. The molecule has 0 N–H and O–H groups in total. The summed E-state index contributed by atoms with van der Waals surface area (Å²) in [5.74, 6) is 2.68. The Balaban J connectivity index is 1.41. The second kappa shape index (κ2) is 6.07. The lowest BCUT2D eigenvalue weighted by Gasteiger charge is -2.31. The van der Waals surface area contributed by atoms with Gasteiger partial charge in [0.05, 0.1) is 12.6 Å². The lowest BCUT2D eigenvalue weighted by molar-refractivity contribution is 0.144. The second-order valence-electron chi connectivity index (χ2n) is 6.62. The summed E-state index contributed by atoms with van der Waals surface area (Å²) in [7, 11) is 0. The lowest BCUT2D eigenvalue weighted by Crippen LogP contribution is -2.36. The van der Waals surface area contributed by atoms with Gasteiger partial charge in [0.2, 0.25) is 5.89 Å². The highest BCUT2D eigenvalue weighted by atomic mass is 16.3. The summed E-state index contributed by atoms with van der Waals surface area (Å²) < 4.78 is 8.16. The standard InChI is InChI=1S/C20H19N5O/c1-14(20-21-16-9-5-6-10-17(16)26-20)24-11-12-25-18(13-24)22-23-19(25)15-7-3-2-4-8-15/h2-10,14H,11-13H2,1H3/t14-/m0/s1. The third-order valence-corrected chi connectivity index (χ3v) is 5.03. The van der Waals surface area contributed by atoms with Crippen molar-refractivity contribution in [1.82, 2.24) is 24.6 Å². The minimum atomic E-state index is 0.0908. The van der Waals surface area contributed by atoms with Gasteiger partial charge in [-0.25, -0.2) is 4.98 Å². The van der Waals surface area contributed by atoms with Gasteiger partial charge in [-0.05, 0) is 19.1 Å². The van der Waals surface area contributed by atoms with Crippen LogP contribution in [0.5, 0.6) is 0 Å². The van der Waals surface area contributed by atoms with Crippen molar-refractivity contribution in [3.8, 4) is 11.4 Å². The third-order valence-electron chi connectivity index (χ3n) is 5.03. The molecule has 0 fully saturated rings. The summed E-state index contributed by atoms with van der Waals surface area (Å²) in [5, 5.41) is 8.84. The van der Waals surface area contributed by atoms with Crippen LogP contribution in [0.4, 0.5) is 0 Å². The van der Waals surface area contributed by atoms with Crippen LogP contribution >= 0.6 is 0 Å². The SMILES string of the molecule is C[C@@H](c1nc2ccccc2o1)N1CCn2c(nnc2-c2ccccc2)C1. The summed E-state index contributed by atoms with van der Waals surface area (Å²) in [6.07, 6.45) is 0. The van der Waals surface area contributed by atoms with E-state index in [1.54, 1.807) is 0 Å². The van der Waals surface area contributed by atoms with E-state index >= 15 is 0 Å². The van der Waals surface area contributed by atoms with Crippen LogP contribution in [0, 0.1) is 0 Å². The first kappa shape index (κ1) is 15.3. The van der Waals surface area contributed by atoms with Crippen molar-refractivity contribution in [1.29, 1.82) is 0 Å². The largest absolute Gasteiger partial charge is 0.439 e. The van der Waals surface area contributed by atoms with Crippen LogP contribution in [0.2, 0.25) is 0 Å². The zero-order valence-corrected chi connectivity index (χ0v) is 14.5. The summed E-state index contributed by atoms with van der Waals surface area (Å²) in [6.45, 7) is 4.64. The molecule has 0 saturated carbocycles. The van der Waals surface area contributed by atoms with Crippen molar-refractivity contribution in [2.24, 2.45) is 0 Å². The predicted octanol–water partition coefficient (Wildman–Crippen LogP) is 3.66. The van der Waals surface area contributed by atoms with Gasteiger partial charge >= 0.3 is 0 Å². The first-order valence-electron chi connectivity index (χ1n) is 8.86. The maximum Gasteiger partial charge on any atom is 0.212 e. The first-order valence-corrected chi connectivity index (χ1v) is 8.86. The number of rotatable bonds is 3. The number of benzene rings is 2. The van der Waals surface area contributed by atoms with Gasteiger partial charge in [0.25, 0.3) is 0 Å². The van der Waals surface area contributed by atoms with Crippen LogP contribution in [-0.4, -0.2) is 31.2 Å². The molecule has 130 valence electrons. The predicted molar refractivity (Wildman–Crippen MR) is 98.3 cm³/mol. The van der Waals surface area contributed by atoms with Gasteiger partial charge in [-0.3, -0.25) is 4.90 Å². The fourth-order valence-corrected chi connectivity index (χ4v) is 3.53. The van der Waals surface area contributed by atoms with Gasteiger partial charge in [-0.15, -0.1) is 10.2 Å². The highest BCUT2D eigenvalue weighted by Gasteiger charge is 2.27. The number of hydrogen-bond donors (Lipinski definition) is 0. The molecular formula is C20H19N5O. The number of hydrogen-bond acceptors (Lipinski definition) is 5. The molecule has 26 heavy (non-hydrogen) atoms. The molecule has 0 bridgehead atoms. The molecule has 0 unspecified atom stereocenters. The normalized spacial score (nSPS) is 15.9. The minimum Gasteiger partial charge on any atom is -0.439 e. The van der Waals surface area contributed by atoms with Crippen molar-refractivity contribution in [2.75, 3.05) is 6.54 Å². The zero-order chi connectivity index (χ0) is 17.5. The molecule has 0 spiro atoms. The average molecular weight is 345 g/mol. The van der Waals surface area contributed by atoms with E-state index in [1.807, 2.05) is 42.5 Å². The van der Waals surface area contributed by atoms with Crippen LogP contribution in [0.15, 0.2) is 59.0 Å². The maximum atomic E-state index is 5.95. The van der Waals surface area contributed by atoms with E-state index in [0.717, 1.165) is 53.8 Å². The highest BCUT2D eigenvalue weighted by Crippen LogP contribution is 2.28. The average Bonchev–Trinajstić information content (AvgIpc) is 3.31. The van der Waals surface area contributed by atoms with Crippen LogP contribution < -0.4 is 0 Å². The number of aromatic nitrogens is 4. The van der Waals surface area contributed by atoms with E-state index < -0.39 is 0 Å². The molecule has 0 saturated heterocycles. The number of para-hydroxylation sites is 2. The van der Waals surface area contributed by atoms with Gasteiger partial charge in [-0.1, -0.05) is 42.5 Å². The summed E-state index contributed by atoms with van der Waals surface area (Å²) in [4.78, 5) is 6.98. The topological polar surface area (TPSA) is 60.0 Å².